The van der Waals surface area contributed by atoms with Crippen molar-refractivity contribution in [3.63, 3.8) is 0 Å². The molecule has 0 saturated carbocycles. The predicted molar refractivity (Wildman–Crippen MR) is 86.1 cm³/mol. The second-order valence-corrected chi connectivity index (χ2v) is 4.81. The highest BCUT2D eigenvalue weighted by molar-refractivity contribution is 5.77. The number of rotatable bonds is 3. The van der Waals surface area contributed by atoms with Gasteiger partial charge in [0, 0.05) is 6.07 Å². The Hall–Kier alpha value is -3.48. The SMILES string of the molecule is O=c1[nH]c2ccccc2nc1/C=C/c1ccc(O)c([N+](=O)[O-])c1. The zero-order chi connectivity index (χ0) is 16.4. The van der Waals surface area contributed by atoms with Crippen molar-refractivity contribution in [3.05, 3.63) is 74.2 Å². The van der Waals surface area contributed by atoms with Gasteiger partial charge in [0.25, 0.3) is 5.56 Å². The molecule has 23 heavy (non-hydrogen) atoms. The quantitative estimate of drug-likeness (QED) is 0.571. The van der Waals surface area contributed by atoms with Gasteiger partial charge in [0.2, 0.25) is 0 Å². The summed E-state index contributed by atoms with van der Waals surface area (Å²) in [5.74, 6) is -0.408. The van der Waals surface area contributed by atoms with E-state index in [2.05, 4.69) is 9.97 Å². The number of phenolic OH excluding ortho intramolecular Hbond substituents is 1. The molecule has 0 spiro atoms. The molecule has 0 aliphatic rings. The van der Waals surface area contributed by atoms with E-state index in [4.69, 9.17) is 0 Å². The predicted octanol–water partition coefficient (Wildman–Crippen LogP) is 2.71. The molecule has 0 atom stereocenters. The van der Waals surface area contributed by atoms with E-state index in [0.29, 0.717) is 16.6 Å². The number of nitro benzene ring substituents is 1. The third-order valence-corrected chi connectivity index (χ3v) is 3.26. The Bertz CT molecular complexity index is 992. The molecule has 0 aliphatic carbocycles. The van der Waals surface area contributed by atoms with Crippen LogP contribution >= 0.6 is 0 Å². The lowest BCUT2D eigenvalue weighted by molar-refractivity contribution is -0.385. The van der Waals surface area contributed by atoms with Crippen LogP contribution in [0, 0.1) is 10.1 Å². The Morgan fingerprint density at radius 3 is 2.74 bits per heavy atom. The number of para-hydroxylation sites is 2. The first kappa shape index (κ1) is 14.5. The largest absolute Gasteiger partial charge is 0.502 e. The highest BCUT2D eigenvalue weighted by atomic mass is 16.6. The molecule has 7 heteroatoms. The van der Waals surface area contributed by atoms with Crippen LogP contribution in [-0.4, -0.2) is 20.0 Å². The number of hydrogen-bond donors (Lipinski definition) is 2. The highest BCUT2D eigenvalue weighted by Crippen LogP contribution is 2.26. The Morgan fingerprint density at radius 1 is 1.17 bits per heavy atom. The Balaban J connectivity index is 2.00. The van der Waals surface area contributed by atoms with Gasteiger partial charge in [-0.1, -0.05) is 24.3 Å². The van der Waals surface area contributed by atoms with E-state index in [0.717, 1.165) is 0 Å². The second-order valence-electron chi connectivity index (χ2n) is 4.81. The van der Waals surface area contributed by atoms with Crippen LogP contribution < -0.4 is 5.56 Å². The molecule has 0 amide bonds. The number of fused-ring (bicyclic) bond motifs is 1. The molecule has 3 rings (SSSR count). The molecular weight excluding hydrogens is 298 g/mol. The van der Waals surface area contributed by atoms with E-state index in [1.807, 2.05) is 6.07 Å². The van der Waals surface area contributed by atoms with Gasteiger partial charge < -0.3 is 10.1 Å². The Kier molecular flexibility index (Phi) is 3.60. The summed E-state index contributed by atoms with van der Waals surface area (Å²) in [5.41, 5.74) is 1.20. The van der Waals surface area contributed by atoms with Crippen molar-refractivity contribution < 1.29 is 10.0 Å². The van der Waals surface area contributed by atoms with Crippen LogP contribution in [0.3, 0.4) is 0 Å². The lowest BCUT2D eigenvalue weighted by Gasteiger charge is -1.99. The molecular formula is C16H11N3O4. The molecule has 7 nitrogen and oxygen atoms in total. The maximum Gasteiger partial charge on any atom is 0.311 e. The smallest absolute Gasteiger partial charge is 0.311 e. The lowest BCUT2D eigenvalue weighted by atomic mass is 10.1. The van der Waals surface area contributed by atoms with Crippen molar-refractivity contribution in [2.45, 2.75) is 0 Å². The third kappa shape index (κ3) is 2.93. The summed E-state index contributed by atoms with van der Waals surface area (Å²) in [5, 5.41) is 20.2. The summed E-state index contributed by atoms with van der Waals surface area (Å²) < 4.78 is 0. The Labute approximate surface area is 129 Å². The van der Waals surface area contributed by atoms with Crippen LogP contribution in [0.5, 0.6) is 5.75 Å². The Morgan fingerprint density at radius 2 is 1.96 bits per heavy atom. The van der Waals surface area contributed by atoms with E-state index in [1.165, 1.54) is 30.4 Å². The van der Waals surface area contributed by atoms with Crippen LogP contribution in [0.4, 0.5) is 5.69 Å². The monoisotopic (exact) mass is 309 g/mol. The summed E-state index contributed by atoms with van der Waals surface area (Å²) in [6, 6.07) is 11.1. The van der Waals surface area contributed by atoms with Crippen LogP contribution in [0.15, 0.2) is 47.3 Å². The van der Waals surface area contributed by atoms with Gasteiger partial charge >= 0.3 is 5.69 Å². The first-order chi connectivity index (χ1) is 11.0. The molecule has 2 N–H and O–H groups in total. The lowest BCUT2D eigenvalue weighted by Crippen LogP contribution is -2.11. The first-order valence-corrected chi connectivity index (χ1v) is 6.69. The van der Waals surface area contributed by atoms with Gasteiger partial charge in [0.1, 0.15) is 5.69 Å². The van der Waals surface area contributed by atoms with Crippen molar-refractivity contribution in [3.8, 4) is 5.75 Å². The molecule has 0 fully saturated rings. The highest BCUT2D eigenvalue weighted by Gasteiger charge is 2.12. The molecule has 0 saturated heterocycles. The van der Waals surface area contributed by atoms with E-state index in [1.54, 1.807) is 18.2 Å². The van der Waals surface area contributed by atoms with E-state index < -0.39 is 16.4 Å². The summed E-state index contributed by atoms with van der Waals surface area (Å²) in [4.78, 5) is 29.1. The fourth-order valence-electron chi connectivity index (χ4n) is 2.12. The molecule has 0 bridgehead atoms. The number of hydrogen-bond acceptors (Lipinski definition) is 5. The minimum absolute atomic E-state index is 0.194. The van der Waals surface area contributed by atoms with Crippen molar-refractivity contribution in [2.24, 2.45) is 0 Å². The van der Waals surface area contributed by atoms with Crippen LogP contribution in [-0.2, 0) is 0 Å². The topological polar surface area (TPSA) is 109 Å². The maximum atomic E-state index is 12.0. The van der Waals surface area contributed by atoms with Crippen LogP contribution in [0.1, 0.15) is 11.3 Å². The van der Waals surface area contributed by atoms with Gasteiger partial charge in [-0.25, -0.2) is 4.98 Å². The number of aromatic amines is 1. The number of phenols is 1. The summed E-state index contributed by atoms with van der Waals surface area (Å²) in [6.07, 6.45) is 3.00. The average Bonchev–Trinajstić information content (AvgIpc) is 2.53. The van der Waals surface area contributed by atoms with Gasteiger partial charge in [-0.2, -0.15) is 0 Å². The fourth-order valence-corrected chi connectivity index (χ4v) is 2.12. The molecule has 114 valence electrons. The second kappa shape index (κ2) is 5.72. The van der Waals surface area contributed by atoms with Crippen LogP contribution in [0.2, 0.25) is 0 Å². The number of H-pyrrole nitrogens is 1. The number of aromatic hydroxyl groups is 1. The minimum Gasteiger partial charge on any atom is -0.502 e. The number of benzene rings is 2. The maximum absolute atomic E-state index is 12.0. The summed E-state index contributed by atoms with van der Waals surface area (Å²) in [7, 11) is 0. The van der Waals surface area contributed by atoms with Crippen molar-refractivity contribution in [1.82, 2.24) is 9.97 Å². The standard InChI is InChI=1S/C16H11N3O4/c20-15-8-6-10(9-14(15)19(22)23)5-7-13-16(21)18-12-4-2-1-3-11(12)17-13/h1-9,20H,(H,18,21)/b7-5+. The first-order valence-electron chi connectivity index (χ1n) is 6.69. The van der Waals surface area contributed by atoms with Gasteiger partial charge in [-0.15, -0.1) is 0 Å². The van der Waals surface area contributed by atoms with E-state index >= 15 is 0 Å². The molecule has 1 heterocycles. The molecule has 1 aromatic heterocycles. The molecule has 0 radical (unpaired) electrons. The summed E-state index contributed by atoms with van der Waals surface area (Å²) in [6.45, 7) is 0. The zero-order valence-electron chi connectivity index (χ0n) is 11.8. The fraction of sp³-hybridized carbons (Fsp3) is 0. The number of nitro groups is 1. The molecule has 3 aromatic rings. The van der Waals surface area contributed by atoms with E-state index in [9.17, 15) is 20.0 Å². The number of aromatic nitrogens is 2. The minimum atomic E-state index is -0.673. The van der Waals surface area contributed by atoms with Gasteiger partial charge in [-0.3, -0.25) is 14.9 Å². The molecule has 0 aliphatic heterocycles. The summed E-state index contributed by atoms with van der Waals surface area (Å²) >= 11 is 0. The molecule has 2 aromatic carbocycles. The normalized spacial score (nSPS) is 11.1. The van der Waals surface area contributed by atoms with Crippen molar-refractivity contribution in [1.29, 1.82) is 0 Å². The average molecular weight is 309 g/mol. The van der Waals surface area contributed by atoms with Crippen molar-refractivity contribution >= 4 is 28.9 Å². The van der Waals surface area contributed by atoms with Gasteiger partial charge in [0.15, 0.2) is 5.75 Å². The van der Waals surface area contributed by atoms with Crippen molar-refractivity contribution in [2.75, 3.05) is 0 Å². The van der Waals surface area contributed by atoms with Crippen LogP contribution in [0.25, 0.3) is 23.2 Å². The number of nitrogens with zero attached hydrogens (tertiary/aromatic N) is 2. The third-order valence-electron chi connectivity index (χ3n) is 3.26. The zero-order valence-corrected chi connectivity index (χ0v) is 11.8. The number of nitrogens with one attached hydrogen (secondary N) is 1. The van der Waals surface area contributed by atoms with E-state index in [-0.39, 0.29) is 11.3 Å². The van der Waals surface area contributed by atoms with Gasteiger partial charge in [-0.05, 0) is 29.8 Å². The van der Waals surface area contributed by atoms with Gasteiger partial charge in [0.05, 0.1) is 16.0 Å². The molecule has 0 unspecified atom stereocenters.